The third-order valence-electron chi connectivity index (χ3n) is 3.46. The van der Waals surface area contributed by atoms with Crippen molar-refractivity contribution in [1.82, 2.24) is 15.5 Å². The van der Waals surface area contributed by atoms with Gasteiger partial charge in [-0.2, -0.15) is 5.10 Å². The average Bonchev–Trinajstić information content (AvgIpc) is 2.96. The lowest BCUT2D eigenvalue weighted by atomic mass is 10.2. The maximum Gasteiger partial charge on any atom is 0.0924 e. The predicted molar refractivity (Wildman–Crippen MR) is 65.2 cm³/mol. The van der Waals surface area contributed by atoms with Gasteiger partial charge in [-0.25, -0.2) is 0 Å². The number of nitrogens with zero attached hydrogens (tertiary/aromatic N) is 1. The summed E-state index contributed by atoms with van der Waals surface area (Å²) < 4.78 is 0. The number of fused-ring (bicyclic) bond motifs is 1. The fourth-order valence-electron chi connectivity index (χ4n) is 2.53. The summed E-state index contributed by atoms with van der Waals surface area (Å²) in [5.41, 5.74) is 2.27. The Bertz CT molecular complexity index is 469. The van der Waals surface area contributed by atoms with Crippen molar-refractivity contribution in [2.24, 2.45) is 0 Å². The Morgan fingerprint density at radius 2 is 2.06 bits per heavy atom. The number of para-hydroxylation sites is 1. The van der Waals surface area contributed by atoms with Crippen LogP contribution in [0.25, 0.3) is 10.9 Å². The summed E-state index contributed by atoms with van der Waals surface area (Å²) >= 11 is 0. The van der Waals surface area contributed by atoms with E-state index in [0.717, 1.165) is 12.1 Å². The zero-order valence-corrected chi connectivity index (χ0v) is 9.37. The van der Waals surface area contributed by atoms with Gasteiger partial charge in [0.2, 0.25) is 0 Å². The Morgan fingerprint density at radius 1 is 1.25 bits per heavy atom. The summed E-state index contributed by atoms with van der Waals surface area (Å²) in [5.74, 6) is 0. The largest absolute Gasteiger partial charge is 0.308 e. The average molecular weight is 215 g/mol. The molecule has 1 aliphatic rings. The lowest BCUT2D eigenvalue weighted by Crippen LogP contribution is -2.25. The van der Waals surface area contributed by atoms with Crippen LogP contribution in [0.3, 0.4) is 0 Å². The minimum absolute atomic E-state index is 0.710. The Kier molecular flexibility index (Phi) is 2.62. The fraction of sp³-hybridized carbons (Fsp3) is 0.462. The van der Waals surface area contributed by atoms with Gasteiger partial charge in [0.15, 0.2) is 0 Å². The molecule has 1 aromatic carbocycles. The van der Waals surface area contributed by atoms with E-state index in [-0.39, 0.29) is 0 Å². The highest BCUT2D eigenvalue weighted by atomic mass is 15.1. The standard InChI is InChI=1S/C13H17N3/c1-2-6-10(5-1)14-9-13-11-7-3-4-8-12(11)15-16-13/h3-4,7-8,10,14H,1-2,5-6,9H2,(H,15,16). The molecule has 84 valence electrons. The molecule has 16 heavy (non-hydrogen) atoms. The van der Waals surface area contributed by atoms with E-state index in [1.807, 2.05) is 12.1 Å². The number of hydrogen-bond donors (Lipinski definition) is 2. The van der Waals surface area contributed by atoms with E-state index in [0.29, 0.717) is 6.04 Å². The van der Waals surface area contributed by atoms with Crippen LogP contribution in [0.4, 0.5) is 0 Å². The van der Waals surface area contributed by atoms with Gasteiger partial charge in [-0.3, -0.25) is 5.10 Å². The van der Waals surface area contributed by atoms with Crippen LogP contribution in [0.2, 0.25) is 0 Å². The number of hydrogen-bond acceptors (Lipinski definition) is 2. The quantitative estimate of drug-likeness (QED) is 0.826. The van der Waals surface area contributed by atoms with Crippen molar-refractivity contribution in [3.8, 4) is 0 Å². The summed E-state index contributed by atoms with van der Waals surface area (Å²) in [6.07, 6.45) is 5.40. The number of aromatic nitrogens is 2. The van der Waals surface area contributed by atoms with Crippen molar-refractivity contribution >= 4 is 10.9 Å². The van der Waals surface area contributed by atoms with E-state index in [9.17, 15) is 0 Å². The van der Waals surface area contributed by atoms with Crippen molar-refractivity contribution in [3.05, 3.63) is 30.0 Å². The maximum atomic E-state index is 4.30. The van der Waals surface area contributed by atoms with E-state index in [1.165, 1.54) is 36.8 Å². The molecule has 1 fully saturated rings. The molecule has 3 rings (SSSR count). The van der Waals surface area contributed by atoms with Crippen LogP contribution < -0.4 is 5.32 Å². The van der Waals surface area contributed by atoms with Gasteiger partial charge >= 0.3 is 0 Å². The molecule has 1 aliphatic carbocycles. The zero-order chi connectivity index (χ0) is 10.8. The molecular weight excluding hydrogens is 198 g/mol. The number of aromatic amines is 1. The molecule has 0 radical (unpaired) electrons. The van der Waals surface area contributed by atoms with Crippen LogP contribution in [0, 0.1) is 0 Å². The first-order chi connectivity index (χ1) is 7.93. The number of rotatable bonds is 3. The topological polar surface area (TPSA) is 40.7 Å². The van der Waals surface area contributed by atoms with Gasteiger partial charge in [-0.15, -0.1) is 0 Å². The molecule has 1 aromatic heterocycles. The Hall–Kier alpha value is -1.35. The molecule has 3 heteroatoms. The third-order valence-corrected chi connectivity index (χ3v) is 3.46. The van der Waals surface area contributed by atoms with E-state index < -0.39 is 0 Å². The van der Waals surface area contributed by atoms with Gasteiger partial charge in [-0.05, 0) is 18.9 Å². The third kappa shape index (κ3) is 1.83. The van der Waals surface area contributed by atoms with Gasteiger partial charge < -0.3 is 5.32 Å². The molecule has 0 atom stereocenters. The lowest BCUT2D eigenvalue weighted by Gasteiger charge is -2.10. The Labute approximate surface area is 95.2 Å². The van der Waals surface area contributed by atoms with Crippen molar-refractivity contribution < 1.29 is 0 Å². The fourth-order valence-corrected chi connectivity index (χ4v) is 2.53. The smallest absolute Gasteiger partial charge is 0.0924 e. The van der Waals surface area contributed by atoms with Gasteiger partial charge in [0.1, 0.15) is 0 Å². The normalized spacial score (nSPS) is 17.2. The second-order valence-electron chi connectivity index (χ2n) is 4.58. The van der Waals surface area contributed by atoms with Crippen LogP contribution in [-0.2, 0) is 6.54 Å². The number of benzene rings is 1. The number of H-pyrrole nitrogens is 1. The van der Waals surface area contributed by atoms with Crippen molar-refractivity contribution in [1.29, 1.82) is 0 Å². The van der Waals surface area contributed by atoms with E-state index in [2.05, 4.69) is 27.6 Å². The van der Waals surface area contributed by atoms with Crippen LogP contribution >= 0.6 is 0 Å². The van der Waals surface area contributed by atoms with E-state index >= 15 is 0 Å². The van der Waals surface area contributed by atoms with Gasteiger partial charge in [0.25, 0.3) is 0 Å². The summed E-state index contributed by atoms with van der Waals surface area (Å²) in [7, 11) is 0. The molecular formula is C13H17N3. The Morgan fingerprint density at radius 3 is 2.94 bits per heavy atom. The SMILES string of the molecule is c1ccc2c(CNC3CCCC3)[nH]nc2c1. The van der Waals surface area contributed by atoms with Crippen molar-refractivity contribution in [3.63, 3.8) is 0 Å². The highest BCUT2D eigenvalue weighted by molar-refractivity contribution is 5.81. The van der Waals surface area contributed by atoms with Crippen LogP contribution in [-0.4, -0.2) is 16.2 Å². The van der Waals surface area contributed by atoms with Crippen LogP contribution in [0.5, 0.6) is 0 Å². The minimum atomic E-state index is 0.710. The summed E-state index contributed by atoms with van der Waals surface area (Å²) in [4.78, 5) is 0. The second kappa shape index (κ2) is 4.26. The summed E-state index contributed by atoms with van der Waals surface area (Å²) in [6, 6.07) is 8.98. The van der Waals surface area contributed by atoms with Crippen LogP contribution in [0.15, 0.2) is 24.3 Å². The molecule has 1 heterocycles. The van der Waals surface area contributed by atoms with E-state index in [1.54, 1.807) is 0 Å². The molecule has 0 aliphatic heterocycles. The molecule has 3 nitrogen and oxygen atoms in total. The molecule has 0 saturated heterocycles. The highest BCUT2D eigenvalue weighted by Gasteiger charge is 2.14. The zero-order valence-electron chi connectivity index (χ0n) is 9.37. The molecule has 0 amide bonds. The molecule has 0 unspecified atom stereocenters. The second-order valence-corrected chi connectivity index (χ2v) is 4.58. The monoisotopic (exact) mass is 215 g/mol. The first-order valence-electron chi connectivity index (χ1n) is 6.09. The summed E-state index contributed by atoms with van der Waals surface area (Å²) in [6.45, 7) is 0.908. The molecule has 2 N–H and O–H groups in total. The van der Waals surface area contributed by atoms with Gasteiger partial charge in [0.05, 0.1) is 11.2 Å². The van der Waals surface area contributed by atoms with Crippen molar-refractivity contribution in [2.45, 2.75) is 38.3 Å². The summed E-state index contributed by atoms with van der Waals surface area (Å²) in [5, 5.41) is 12.3. The lowest BCUT2D eigenvalue weighted by molar-refractivity contribution is 0.520. The van der Waals surface area contributed by atoms with E-state index in [4.69, 9.17) is 0 Å². The Balaban J connectivity index is 1.73. The maximum absolute atomic E-state index is 4.30. The first-order valence-corrected chi connectivity index (χ1v) is 6.09. The highest BCUT2D eigenvalue weighted by Crippen LogP contribution is 2.19. The molecule has 1 saturated carbocycles. The van der Waals surface area contributed by atoms with Gasteiger partial charge in [0, 0.05) is 18.0 Å². The van der Waals surface area contributed by atoms with Crippen LogP contribution in [0.1, 0.15) is 31.4 Å². The minimum Gasteiger partial charge on any atom is -0.308 e. The first kappa shape index (κ1) is 9.85. The molecule has 0 bridgehead atoms. The number of nitrogens with one attached hydrogen (secondary N) is 2. The predicted octanol–water partition coefficient (Wildman–Crippen LogP) is 2.60. The van der Waals surface area contributed by atoms with Crippen molar-refractivity contribution in [2.75, 3.05) is 0 Å². The molecule has 0 spiro atoms. The molecule has 2 aromatic rings. The van der Waals surface area contributed by atoms with Gasteiger partial charge in [-0.1, -0.05) is 31.0 Å².